The van der Waals surface area contributed by atoms with Gasteiger partial charge in [-0.25, -0.2) is 4.79 Å². The Balaban J connectivity index is 3.66. The quantitative estimate of drug-likeness (QED) is 0.500. The minimum absolute atomic E-state index is 0.323. The number of amides is 1. The molecule has 15 heavy (non-hydrogen) atoms. The summed E-state index contributed by atoms with van der Waals surface area (Å²) < 4.78 is 4.89. The summed E-state index contributed by atoms with van der Waals surface area (Å²) in [4.78, 5) is 12.9. The second kappa shape index (κ2) is 9.07. The number of nitriles is 1. The Morgan fingerprint density at radius 3 is 2.67 bits per heavy atom. The van der Waals surface area contributed by atoms with Crippen LogP contribution in [0.2, 0.25) is 0 Å². The third-order valence-corrected chi connectivity index (χ3v) is 1.95. The van der Waals surface area contributed by atoms with Crippen LogP contribution in [0.5, 0.6) is 0 Å². The molecule has 4 nitrogen and oxygen atoms in total. The van der Waals surface area contributed by atoms with Crippen molar-refractivity contribution >= 4 is 6.09 Å². The maximum absolute atomic E-state index is 11.3. The van der Waals surface area contributed by atoms with Gasteiger partial charge in [0.2, 0.25) is 0 Å². The molecule has 0 aliphatic rings. The van der Waals surface area contributed by atoms with E-state index in [1.807, 2.05) is 13.8 Å². The van der Waals surface area contributed by atoms with Crippen molar-refractivity contribution in [1.29, 1.82) is 5.26 Å². The van der Waals surface area contributed by atoms with Crippen LogP contribution in [0.25, 0.3) is 0 Å². The zero-order valence-corrected chi connectivity index (χ0v) is 9.40. The van der Waals surface area contributed by atoms with Crippen molar-refractivity contribution < 1.29 is 9.53 Å². The van der Waals surface area contributed by atoms with Crippen LogP contribution in [-0.2, 0) is 4.74 Å². The first-order valence-electron chi connectivity index (χ1n) is 5.23. The van der Waals surface area contributed by atoms with Crippen molar-refractivity contribution in [2.24, 2.45) is 0 Å². The monoisotopic (exact) mass is 210 g/mol. The second-order valence-electron chi connectivity index (χ2n) is 2.98. The number of hydrogen-bond donors (Lipinski definition) is 0. The van der Waals surface area contributed by atoms with E-state index in [4.69, 9.17) is 10.00 Å². The molecule has 0 rings (SSSR count). The summed E-state index contributed by atoms with van der Waals surface area (Å²) in [5.41, 5.74) is 0. The highest BCUT2D eigenvalue weighted by atomic mass is 16.5. The van der Waals surface area contributed by atoms with Crippen LogP contribution in [0.3, 0.4) is 0 Å². The minimum atomic E-state index is -0.323. The van der Waals surface area contributed by atoms with E-state index in [0.717, 1.165) is 12.8 Å². The predicted octanol–water partition coefficient (Wildman–Crippen LogP) is 2.67. The van der Waals surface area contributed by atoms with Crippen LogP contribution >= 0.6 is 0 Å². The molecule has 0 aromatic rings. The Labute approximate surface area is 91.1 Å². The first kappa shape index (κ1) is 13.5. The first-order chi connectivity index (χ1) is 7.26. The number of allylic oxidation sites excluding steroid dienone is 1. The number of rotatable bonds is 6. The molecule has 0 unspecified atom stereocenters. The molecule has 0 heterocycles. The fourth-order valence-corrected chi connectivity index (χ4v) is 1.03. The van der Waals surface area contributed by atoms with Crippen molar-refractivity contribution in [3.8, 4) is 6.07 Å². The van der Waals surface area contributed by atoms with Crippen LogP contribution in [0.4, 0.5) is 4.79 Å². The van der Waals surface area contributed by atoms with Crippen LogP contribution in [0, 0.1) is 11.3 Å². The molecule has 0 spiro atoms. The molecule has 0 bridgehead atoms. The third kappa shape index (κ3) is 6.55. The first-order valence-corrected chi connectivity index (χ1v) is 5.23. The average Bonchev–Trinajstić information content (AvgIpc) is 2.25. The average molecular weight is 210 g/mol. The van der Waals surface area contributed by atoms with Gasteiger partial charge in [-0.15, -0.1) is 0 Å². The number of unbranched alkanes of at least 4 members (excludes halogenated alkanes) is 2. The van der Waals surface area contributed by atoms with Crippen molar-refractivity contribution in [3.05, 3.63) is 12.3 Å². The summed E-state index contributed by atoms with van der Waals surface area (Å²) in [7, 11) is 0. The summed E-state index contributed by atoms with van der Waals surface area (Å²) in [6, 6.07) is 2.05. The molecular weight excluding hydrogens is 192 g/mol. The molecule has 0 aromatic heterocycles. The van der Waals surface area contributed by atoms with Gasteiger partial charge in [0.15, 0.2) is 0 Å². The molecule has 0 aliphatic heterocycles. The predicted molar refractivity (Wildman–Crippen MR) is 58.0 cm³/mol. The standard InChI is InChI=1S/C11H18N2O2/c1-3-13(4-2)11(14)15-10-8-6-5-7-9-12/h8,10H,3-7H2,1-2H3/b10-8-. The number of nitrogens with zero attached hydrogens (tertiary/aromatic N) is 2. The maximum Gasteiger partial charge on any atom is 0.414 e. The third-order valence-electron chi connectivity index (χ3n) is 1.95. The van der Waals surface area contributed by atoms with E-state index in [1.54, 1.807) is 11.0 Å². The highest BCUT2D eigenvalue weighted by Crippen LogP contribution is 1.97. The van der Waals surface area contributed by atoms with Crippen molar-refractivity contribution in [2.45, 2.75) is 33.1 Å². The molecule has 0 atom stereocenters. The number of hydrogen-bond acceptors (Lipinski definition) is 3. The van der Waals surface area contributed by atoms with Crippen molar-refractivity contribution in [3.63, 3.8) is 0 Å². The maximum atomic E-state index is 11.3. The summed E-state index contributed by atoms with van der Waals surface area (Å²) in [6.45, 7) is 5.11. The van der Waals surface area contributed by atoms with Gasteiger partial charge in [0.05, 0.1) is 12.3 Å². The lowest BCUT2D eigenvalue weighted by Gasteiger charge is -2.15. The molecule has 0 aromatic carbocycles. The molecule has 0 N–H and O–H groups in total. The SMILES string of the molecule is CCN(CC)C(=O)O/C=C\CCCC#N. The minimum Gasteiger partial charge on any atom is -0.419 e. The van der Waals surface area contributed by atoms with Gasteiger partial charge in [-0.3, -0.25) is 0 Å². The Bertz CT molecular complexity index is 239. The molecule has 0 saturated carbocycles. The highest BCUT2D eigenvalue weighted by molar-refractivity contribution is 5.68. The second-order valence-corrected chi connectivity index (χ2v) is 2.98. The van der Waals surface area contributed by atoms with Gasteiger partial charge in [-0.1, -0.05) is 0 Å². The van der Waals surface area contributed by atoms with E-state index in [1.165, 1.54) is 6.26 Å². The van der Waals surface area contributed by atoms with Gasteiger partial charge in [-0.05, 0) is 32.8 Å². The van der Waals surface area contributed by atoms with Crippen molar-refractivity contribution in [2.75, 3.05) is 13.1 Å². The topological polar surface area (TPSA) is 53.3 Å². The van der Waals surface area contributed by atoms with E-state index in [-0.39, 0.29) is 6.09 Å². The smallest absolute Gasteiger partial charge is 0.414 e. The molecule has 1 amide bonds. The fraction of sp³-hybridized carbons (Fsp3) is 0.636. The van der Waals surface area contributed by atoms with Gasteiger partial charge in [0, 0.05) is 19.5 Å². The lowest BCUT2D eigenvalue weighted by molar-refractivity contribution is 0.141. The molecule has 0 fully saturated rings. The Morgan fingerprint density at radius 1 is 1.47 bits per heavy atom. The van der Waals surface area contributed by atoms with Crippen LogP contribution in [-0.4, -0.2) is 24.1 Å². The van der Waals surface area contributed by atoms with Gasteiger partial charge >= 0.3 is 6.09 Å². The van der Waals surface area contributed by atoms with Crippen LogP contribution < -0.4 is 0 Å². The van der Waals surface area contributed by atoms with E-state index < -0.39 is 0 Å². The number of carbonyl (C=O) groups excluding carboxylic acids is 1. The van der Waals surface area contributed by atoms with Gasteiger partial charge < -0.3 is 9.64 Å². The molecule has 0 saturated heterocycles. The molecule has 84 valence electrons. The van der Waals surface area contributed by atoms with Crippen molar-refractivity contribution in [1.82, 2.24) is 4.90 Å². The van der Waals surface area contributed by atoms with E-state index in [0.29, 0.717) is 19.5 Å². The lowest BCUT2D eigenvalue weighted by atomic mass is 10.2. The Kier molecular flexibility index (Phi) is 8.16. The Hall–Kier alpha value is -1.50. The van der Waals surface area contributed by atoms with E-state index >= 15 is 0 Å². The van der Waals surface area contributed by atoms with E-state index in [2.05, 4.69) is 6.07 Å². The van der Waals surface area contributed by atoms with Crippen LogP contribution in [0.1, 0.15) is 33.1 Å². The fourth-order valence-electron chi connectivity index (χ4n) is 1.03. The summed E-state index contributed by atoms with van der Waals surface area (Å²) in [5.74, 6) is 0. The van der Waals surface area contributed by atoms with Crippen LogP contribution in [0.15, 0.2) is 12.3 Å². The number of carbonyl (C=O) groups is 1. The highest BCUT2D eigenvalue weighted by Gasteiger charge is 2.07. The zero-order chi connectivity index (χ0) is 11.5. The molecule has 0 radical (unpaired) electrons. The summed E-state index contributed by atoms with van der Waals surface area (Å²) in [5, 5.41) is 8.28. The summed E-state index contributed by atoms with van der Waals surface area (Å²) >= 11 is 0. The largest absolute Gasteiger partial charge is 0.419 e. The van der Waals surface area contributed by atoms with Gasteiger partial charge in [0.25, 0.3) is 0 Å². The normalized spacial score (nSPS) is 9.93. The number of ether oxygens (including phenoxy) is 1. The van der Waals surface area contributed by atoms with Gasteiger partial charge in [-0.2, -0.15) is 5.26 Å². The molecule has 4 heteroatoms. The summed E-state index contributed by atoms with van der Waals surface area (Å²) in [6.07, 6.45) is 4.94. The Morgan fingerprint density at radius 2 is 2.13 bits per heavy atom. The van der Waals surface area contributed by atoms with E-state index in [9.17, 15) is 4.79 Å². The molecular formula is C11H18N2O2. The molecule has 0 aliphatic carbocycles. The lowest BCUT2D eigenvalue weighted by Crippen LogP contribution is -2.29. The zero-order valence-electron chi connectivity index (χ0n) is 9.40. The van der Waals surface area contributed by atoms with Gasteiger partial charge in [0.1, 0.15) is 0 Å².